The lowest BCUT2D eigenvalue weighted by molar-refractivity contribution is -0.140. The number of benzene rings is 4. The number of amides is 2. The Hall–Kier alpha value is -4.16. The molecule has 1 unspecified atom stereocenters. The quantitative estimate of drug-likeness (QED) is 0.138. The second kappa shape index (κ2) is 17.2. The Balaban J connectivity index is 1.90. The number of carbonyl (C=O) groups excluding carboxylic acids is 2. The minimum atomic E-state index is -4.53. The Morgan fingerprint density at radius 1 is 0.760 bits per heavy atom. The maximum atomic E-state index is 14.8. The van der Waals surface area contributed by atoms with Crippen LogP contribution in [0.4, 0.5) is 5.69 Å². The molecule has 0 aliphatic heterocycles. The van der Waals surface area contributed by atoms with Crippen LogP contribution in [0.1, 0.15) is 25.0 Å². The van der Waals surface area contributed by atoms with Gasteiger partial charge in [0.15, 0.2) is 11.5 Å². The van der Waals surface area contributed by atoms with Crippen LogP contribution in [0.2, 0.25) is 15.1 Å². The summed E-state index contributed by atoms with van der Waals surface area (Å²) in [5.74, 6) is -0.510. The average Bonchev–Trinajstić information content (AvgIpc) is 3.09. The normalized spacial score (nSPS) is 11.9. The number of rotatable bonds is 15. The first-order valence-corrected chi connectivity index (χ1v) is 18.0. The molecule has 0 heterocycles. The molecule has 0 radical (unpaired) electrons. The maximum Gasteiger partial charge on any atom is 0.265 e. The number of anilines is 1. The molecule has 50 heavy (non-hydrogen) atoms. The molecular formula is C36H38Cl3N3O7S. The Morgan fingerprint density at radius 3 is 2.04 bits per heavy atom. The number of hydrogen-bond acceptors (Lipinski definition) is 7. The van der Waals surface area contributed by atoms with Crippen LogP contribution in [-0.2, 0) is 32.6 Å². The van der Waals surface area contributed by atoms with E-state index in [4.69, 9.17) is 49.0 Å². The number of ether oxygens (including phenoxy) is 3. The van der Waals surface area contributed by atoms with Crippen LogP contribution in [-0.4, -0.2) is 65.1 Å². The maximum absolute atomic E-state index is 14.8. The number of methoxy groups -OCH3 is 3. The summed E-state index contributed by atoms with van der Waals surface area (Å²) in [6.45, 7) is 2.78. The van der Waals surface area contributed by atoms with E-state index in [-0.39, 0.29) is 51.1 Å². The summed E-state index contributed by atoms with van der Waals surface area (Å²) in [7, 11) is -0.344. The molecule has 0 aromatic heterocycles. The van der Waals surface area contributed by atoms with Crippen molar-refractivity contribution in [1.82, 2.24) is 10.2 Å². The van der Waals surface area contributed by atoms with Gasteiger partial charge in [-0.3, -0.25) is 13.9 Å². The highest BCUT2D eigenvalue weighted by molar-refractivity contribution is 7.92. The zero-order valence-corrected chi connectivity index (χ0v) is 31.2. The molecule has 0 aliphatic rings. The van der Waals surface area contributed by atoms with Crippen molar-refractivity contribution < 1.29 is 32.2 Å². The lowest BCUT2D eigenvalue weighted by Crippen LogP contribution is -2.54. The summed E-state index contributed by atoms with van der Waals surface area (Å²) in [5.41, 5.74) is 1.36. The van der Waals surface area contributed by atoms with Crippen LogP contribution < -0.4 is 23.8 Å². The molecule has 0 aliphatic carbocycles. The van der Waals surface area contributed by atoms with Gasteiger partial charge in [-0.15, -0.1) is 0 Å². The summed E-state index contributed by atoms with van der Waals surface area (Å²) in [5, 5.41) is 3.69. The van der Waals surface area contributed by atoms with Crippen molar-refractivity contribution in [2.24, 2.45) is 0 Å². The number of carbonyl (C=O) groups is 2. The van der Waals surface area contributed by atoms with Crippen molar-refractivity contribution in [1.29, 1.82) is 0 Å². The predicted molar refractivity (Wildman–Crippen MR) is 196 cm³/mol. The summed E-state index contributed by atoms with van der Waals surface area (Å²) in [6, 6.07) is 21.3. The molecule has 10 nitrogen and oxygen atoms in total. The number of halogens is 3. The molecule has 4 rings (SSSR count). The molecular weight excluding hydrogens is 725 g/mol. The molecule has 14 heteroatoms. The molecule has 2 amide bonds. The topological polar surface area (TPSA) is 114 Å². The second-order valence-electron chi connectivity index (χ2n) is 11.5. The standard InChI is InChI=1S/C36H38Cl3N3O7S/c1-23(2)40-36(44)31(18-24-9-7-6-8-10-24)41(21-25-11-14-28(38)29(39)17-25)35(43)22-42(30-19-26(37)12-15-32(30)47-3)50(45,46)27-13-16-33(48-4)34(20-27)49-5/h6-17,19-20,23,31H,18,21-22H2,1-5H3,(H,40,44). The van der Waals surface area contributed by atoms with Gasteiger partial charge in [0, 0.05) is 30.1 Å². The van der Waals surface area contributed by atoms with Crippen LogP contribution in [0.25, 0.3) is 0 Å². The van der Waals surface area contributed by atoms with Crippen molar-refractivity contribution in [3.63, 3.8) is 0 Å². The fourth-order valence-electron chi connectivity index (χ4n) is 5.24. The third-order valence-electron chi connectivity index (χ3n) is 7.67. The van der Waals surface area contributed by atoms with Crippen molar-refractivity contribution in [2.45, 2.75) is 43.8 Å². The fourth-order valence-corrected chi connectivity index (χ4v) is 7.16. The van der Waals surface area contributed by atoms with Crippen LogP contribution in [0.3, 0.4) is 0 Å². The Morgan fingerprint density at radius 2 is 1.42 bits per heavy atom. The van der Waals surface area contributed by atoms with E-state index in [0.29, 0.717) is 16.3 Å². The molecule has 0 fully saturated rings. The van der Waals surface area contributed by atoms with E-state index >= 15 is 0 Å². The lowest BCUT2D eigenvalue weighted by atomic mass is 10.0. The minimum absolute atomic E-state index is 0.00358. The molecule has 1 N–H and O–H groups in total. The van der Waals surface area contributed by atoms with E-state index in [0.717, 1.165) is 9.87 Å². The molecule has 0 saturated carbocycles. The third-order valence-corrected chi connectivity index (χ3v) is 10.4. The van der Waals surface area contributed by atoms with E-state index in [1.54, 1.807) is 18.2 Å². The zero-order valence-electron chi connectivity index (χ0n) is 28.2. The third kappa shape index (κ3) is 9.33. The summed E-state index contributed by atoms with van der Waals surface area (Å²) < 4.78 is 46.3. The van der Waals surface area contributed by atoms with E-state index in [9.17, 15) is 18.0 Å². The van der Waals surface area contributed by atoms with E-state index in [1.807, 2.05) is 44.2 Å². The van der Waals surface area contributed by atoms with Gasteiger partial charge in [0.25, 0.3) is 10.0 Å². The molecule has 1 atom stereocenters. The summed E-state index contributed by atoms with van der Waals surface area (Å²) in [4.78, 5) is 29.8. The Bertz CT molecular complexity index is 1930. The van der Waals surface area contributed by atoms with E-state index in [1.165, 1.54) is 62.6 Å². The molecule has 4 aromatic carbocycles. The predicted octanol–water partition coefficient (Wildman–Crippen LogP) is 7.03. The highest BCUT2D eigenvalue weighted by atomic mass is 35.5. The van der Waals surface area contributed by atoms with E-state index < -0.39 is 34.4 Å². The second-order valence-corrected chi connectivity index (χ2v) is 14.6. The number of nitrogens with zero attached hydrogens (tertiary/aromatic N) is 2. The van der Waals surface area contributed by atoms with Gasteiger partial charge in [-0.1, -0.05) is 71.2 Å². The molecule has 4 aromatic rings. The average molecular weight is 763 g/mol. The van der Waals surface area contributed by atoms with Gasteiger partial charge in [-0.25, -0.2) is 8.42 Å². The SMILES string of the molecule is COc1ccc(S(=O)(=O)N(CC(=O)N(Cc2ccc(Cl)c(Cl)c2)C(Cc2ccccc2)C(=O)NC(C)C)c2cc(Cl)ccc2OC)cc1OC. The highest BCUT2D eigenvalue weighted by Crippen LogP contribution is 2.37. The van der Waals surface area contributed by atoms with Crippen LogP contribution in [0, 0.1) is 0 Å². The van der Waals surface area contributed by atoms with Gasteiger partial charge in [-0.05, 0) is 67.4 Å². The summed E-state index contributed by atoms with van der Waals surface area (Å²) >= 11 is 18.9. The van der Waals surface area contributed by atoms with E-state index in [2.05, 4.69) is 5.32 Å². The van der Waals surface area contributed by atoms with Gasteiger partial charge in [0.05, 0.1) is 42.0 Å². The largest absolute Gasteiger partial charge is 0.495 e. The highest BCUT2D eigenvalue weighted by Gasteiger charge is 2.36. The fraction of sp³-hybridized carbons (Fsp3) is 0.278. The van der Waals surface area contributed by atoms with Crippen molar-refractivity contribution >= 4 is 62.3 Å². The monoisotopic (exact) mass is 761 g/mol. The van der Waals surface area contributed by atoms with Crippen molar-refractivity contribution in [3.8, 4) is 17.2 Å². The van der Waals surface area contributed by atoms with Gasteiger partial charge in [0.2, 0.25) is 11.8 Å². The van der Waals surface area contributed by atoms with Gasteiger partial charge >= 0.3 is 0 Å². The van der Waals surface area contributed by atoms with Gasteiger partial charge in [0.1, 0.15) is 18.3 Å². The smallest absolute Gasteiger partial charge is 0.265 e. The van der Waals surface area contributed by atoms with Gasteiger partial charge < -0.3 is 24.4 Å². The van der Waals surface area contributed by atoms with Crippen molar-refractivity contribution in [2.75, 3.05) is 32.2 Å². The molecule has 0 saturated heterocycles. The zero-order chi connectivity index (χ0) is 36.6. The van der Waals surface area contributed by atoms with Crippen LogP contribution in [0.15, 0.2) is 89.8 Å². The first-order valence-electron chi connectivity index (χ1n) is 15.4. The first-order chi connectivity index (χ1) is 23.8. The molecule has 0 spiro atoms. The number of nitrogens with one attached hydrogen (secondary N) is 1. The molecule has 0 bridgehead atoms. The Labute approximate surface area is 307 Å². The van der Waals surface area contributed by atoms with Crippen molar-refractivity contribution in [3.05, 3.63) is 111 Å². The number of hydrogen-bond donors (Lipinski definition) is 1. The minimum Gasteiger partial charge on any atom is -0.495 e. The van der Waals surface area contributed by atoms with Crippen LogP contribution in [0.5, 0.6) is 17.2 Å². The lowest BCUT2D eigenvalue weighted by Gasteiger charge is -2.34. The Kier molecular flexibility index (Phi) is 13.3. The van der Waals surface area contributed by atoms with Crippen LogP contribution >= 0.6 is 34.8 Å². The van der Waals surface area contributed by atoms with Gasteiger partial charge in [-0.2, -0.15) is 0 Å². The first kappa shape index (κ1) is 38.6. The summed E-state index contributed by atoms with van der Waals surface area (Å²) in [6.07, 6.45) is 0.134. The molecule has 266 valence electrons. The number of sulfonamides is 1.